The van der Waals surface area contributed by atoms with Crippen molar-refractivity contribution in [2.24, 2.45) is 0 Å². The van der Waals surface area contributed by atoms with Crippen LogP contribution in [0, 0.1) is 17.5 Å². The lowest BCUT2D eigenvalue weighted by molar-refractivity contribution is -0.135. The summed E-state index contributed by atoms with van der Waals surface area (Å²) in [7, 11) is 0. The number of nitrogens with one attached hydrogen (secondary N) is 2. The average Bonchev–Trinajstić information content (AvgIpc) is 2.73. The third kappa shape index (κ3) is 6.84. The van der Waals surface area contributed by atoms with Gasteiger partial charge >= 0.3 is 0 Å². The lowest BCUT2D eigenvalue weighted by atomic mass is 10.0. The molecule has 9 heteroatoms. The molecular formula is C22H24F3N3O3. The fraction of sp³-hybridized carbons (Fsp3) is 0.318. The lowest BCUT2D eigenvalue weighted by Crippen LogP contribution is -2.40. The first-order valence-electron chi connectivity index (χ1n) is 9.76. The SMILES string of the molecule is CCCN(CC(=O)Nc1ccc(F)c(F)c1F)C(=O)CC(NC(C)=O)c1ccccc1. The van der Waals surface area contributed by atoms with E-state index in [1.54, 1.807) is 30.3 Å². The highest BCUT2D eigenvalue weighted by atomic mass is 19.2. The number of hydrogen-bond donors (Lipinski definition) is 2. The Hall–Kier alpha value is -3.36. The van der Waals surface area contributed by atoms with Gasteiger partial charge in [-0.05, 0) is 24.1 Å². The summed E-state index contributed by atoms with van der Waals surface area (Å²) < 4.78 is 40.2. The van der Waals surface area contributed by atoms with Crippen molar-refractivity contribution in [1.82, 2.24) is 10.2 Å². The maximum absolute atomic E-state index is 13.8. The Morgan fingerprint density at radius 2 is 1.68 bits per heavy atom. The Morgan fingerprint density at radius 3 is 2.29 bits per heavy atom. The van der Waals surface area contributed by atoms with Crippen LogP contribution in [0.3, 0.4) is 0 Å². The number of nitrogens with zero attached hydrogens (tertiary/aromatic N) is 1. The monoisotopic (exact) mass is 435 g/mol. The molecule has 0 bridgehead atoms. The highest BCUT2D eigenvalue weighted by Gasteiger charge is 2.23. The second-order valence-electron chi connectivity index (χ2n) is 6.95. The number of anilines is 1. The van der Waals surface area contributed by atoms with E-state index in [-0.39, 0.29) is 18.9 Å². The van der Waals surface area contributed by atoms with Crippen LogP contribution >= 0.6 is 0 Å². The molecule has 1 unspecified atom stereocenters. The minimum absolute atomic E-state index is 0.0869. The predicted octanol–water partition coefficient (Wildman–Crippen LogP) is 3.55. The molecule has 3 amide bonds. The van der Waals surface area contributed by atoms with Gasteiger partial charge in [0.1, 0.15) is 0 Å². The zero-order chi connectivity index (χ0) is 23.0. The molecule has 0 spiro atoms. The van der Waals surface area contributed by atoms with Gasteiger partial charge in [-0.15, -0.1) is 0 Å². The van der Waals surface area contributed by atoms with E-state index in [2.05, 4.69) is 10.6 Å². The third-order valence-corrected chi connectivity index (χ3v) is 4.45. The molecule has 2 aromatic carbocycles. The van der Waals surface area contributed by atoms with Crippen molar-refractivity contribution in [3.8, 4) is 0 Å². The standard InChI is InChI=1S/C22H24F3N3O3/c1-3-11-28(13-19(30)27-17-10-9-16(23)21(24)22(17)25)20(31)12-18(26-14(2)29)15-7-5-4-6-8-15/h4-10,18H,3,11-13H2,1-2H3,(H,26,29)(H,27,30). The Morgan fingerprint density at radius 1 is 1.00 bits per heavy atom. The quantitative estimate of drug-likeness (QED) is 0.592. The van der Waals surface area contributed by atoms with E-state index in [4.69, 9.17) is 0 Å². The molecule has 0 aliphatic heterocycles. The summed E-state index contributed by atoms with van der Waals surface area (Å²) in [6, 6.07) is 9.93. The number of carbonyl (C=O) groups is 3. The number of benzene rings is 2. The van der Waals surface area contributed by atoms with E-state index in [1.807, 2.05) is 6.92 Å². The molecule has 0 saturated carbocycles. The molecule has 0 aromatic heterocycles. The molecule has 2 rings (SSSR count). The maximum Gasteiger partial charge on any atom is 0.244 e. The topological polar surface area (TPSA) is 78.5 Å². The normalized spacial score (nSPS) is 11.5. The minimum atomic E-state index is -1.69. The van der Waals surface area contributed by atoms with Gasteiger partial charge in [-0.3, -0.25) is 14.4 Å². The lowest BCUT2D eigenvalue weighted by Gasteiger charge is -2.25. The van der Waals surface area contributed by atoms with Crippen molar-refractivity contribution < 1.29 is 27.6 Å². The van der Waals surface area contributed by atoms with Crippen LogP contribution < -0.4 is 10.6 Å². The van der Waals surface area contributed by atoms with Gasteiger partial charge in [0.15, 0.2) is 17.5 Å². The zero-order valence-electron chi connectivity index (χ0n) is 17.3. The summed E-state index contributed by atoms with van der Waals surface area (Å²) in [6.07, 6.45) is 0.463. The number of carbonyl (C=O) groups excluding carboxylic acids is 3. The van der Waals surface area contributed by atoms with E-state index in [0.29, 0.717) is 12.5 Å². The van der Waals surface area contributed by atoms with E-state index in [9.17, 15) is 27.6 Å². The van der Waals surface area contributed by atoms with Crippen molar-refractivity contribution in [1.29, 1.82) is 0 Å². The predicted molar refractivity (Wildman–Crippen MR) is 109 cm³/mol. The molecule has 166 valence electrons. The van der Waals surface area contributed by atoms with Crippen molar-refractivity contribution in [3.05, 3.63) is 65.5 Å². The molecule has 0 saturated heterocycles. The number of halogens is 3. The van der Waals surface area contributed by atoms with Gasteiger partial charge in [-0.1, -0.05) is 37.3 Å². The van der Waals surface area contributed by atoms with E-state index in [1.165, 1.54) is 11.8 Å². The zero-order valence-corrected chi connectivity index (χ0v) is 17.3. The fourth-order valence-electron chi connectivity index (χ4n) is 3.03. The largest absolute Gasteiger partial charge is 0.349 e. The van der Waals surface area contributed by atoms with Gasteiger partial charge in [0.2, 0.25) is 17.7 Å². The highest BCUT2D eigenvalue weighted by molar-refractivity contribution is 5.94. The molecule has 0 radical (unpaired) electrons. The van der Waals surface area contributed by atoms with Crippen LogP contribution in [-0.2, 0) is 14.4 Å². The first kappa shape index (κ1) is 23.9. The average molecular weight is 435 g/mol. The second-order valence-corrected chi connectivity index (χ2v) is 6.95. The molecule has 0 heterocycles. The Bertz CT molecular complexity index is 938. The first-order valence-corrected chi connectivity index (χ1v) is 9.76. The van der Waals surface area contributed by atoms with E-state index < -0.39 is 47.5 Å². The molecule has 0 fully saturated rings. The number of rotatable bonds is 9. The second kappa shape index (κ2) is 11.1. The van der Waals surface area contributed by atoms with Crippen LogP contribution in [0.1, 0.15) is 38.3 Å². The smallest absolute Gasteiger partial charge is 0.244 e. The van der Waals surface area contributed by atoms with Gasteiger partial charge in [0.25, 0.3) is 0 Å². The summed E-state index contributed by atoms with van der Waals surface area (Å²) >= 11 is 0. The number of hydrogen-bond acceptors (Lipinski definition) is 3. The van der Waals surface area contributed by atoms with E-state index >= 15 is 0 Å². The summed E-state index contributed by atoms with van der Waals surface area (Å²) in [5.74, 6) is -6.05. The van der Waals surface area contributed by atoms with Gasteiger partial charge in [-0.2, -0.15) is 0 Å². The minimum Gasteiger partial charge on any atom is -0.349 e. The summed E-state index contributed by atoms with van der Waals surface area (Å²) in [4.78, 5) is 38.0. The Labute approximate surface area is 178 Å². The Balaban J connectivity index is 2.11. The van der Waals surface area contributed by atoms with Crippen molar-refractivity contribution >= 4 is 23.4 Å². The Kier molecular flexibility index (Phi) is 8.60. The first-order chi connectivity index (χ1) is 14.7. The molecule has 2 aromatic rings. The molecule has 0 aliphatic rings. The highest BCUT2D eigenvalue weighted by Crippen LogP contribution is 2.20. The van der Waals surface area contributed by atoms with Crippen molar-refractivity contribution in [3.63, 3.8) is 0 Å². The number of amides is 3. The van der Waals surface area contributed by atoms with Crippen LogP contribution in [0.25, 0.3) is 0 Å². The van der Waals surface area contributed by atoms with Crippen molar-refractivity contribution in [2.75, 3.05) is 18.4 Å². The van der Waals surface area contributed by atoms with Crippen LogP contribution in [0.5, 0.6) is 0 Å². The van der Waals surface area contributed by atoms with Crippen LogP contribution in [-0.4, -0.2) is 35.7 Å². The molecular weight excluding hydrogens is 411 g/mol. The van der Waals surface area contributed by atoms with Gasteiger partial charge < -0.3 is 15.5 Å². The van der Waals surface area contributed by atoms with E-state index in [0.717, 1.165) is 11.6 Å². The van der Waals surface area contributed by atoms with Crippen LogP contribution in [0.15, 0.2) is 42.5 Å². The summed E-state index contributed by atoms with van der Waals surface area (Å²) in [5.41, 5.74) is 0.212. The molecule has 0 aliphatic carbocycles. The molecule has 31 heavy (non-hydrogen) atoms. The summed E-state index contributed by atoms with van der Waals surface area (Å²) in [6.45, 7) is 2.99. The van der Waals surface area contributed by atoms with Crippen molar-refractivity contribution in [2.45, 2.75) is 32.7 Å². The third-order valence-electron chi connectivity index (χ3n) is 4.45. The molecule has 2 N–H and O–H groups in total. The van der Waals surface area contributed by atoms with Gasteiger partial charge in [0.05, 0.1) is 24.7 Å². The van der Waals surface area contributed by atoms with Gasteiger partial charge in [-0.25, -0.2) is 13.2 Å². The van der Waals surface area contributed by atoms with Crippen LogP contribution in [0.2, 0.25) is 0 Å². The molecule has 6 nitrogen and oxygen atoms in total. The molecule has 1 atom stereocenters. The fourth-order valence-corrected chi connectivity index (χ4v) is 3.03. The van der Waals surface area contributed by atoms with Gasteiger partial charge in [0, 0.05) is 13.5 Å². The maximum atomic E-state index is 13.8. The summed E-state index contributed by atoms with van der Waals surface area (Å²) in [5, 5.41) is 4.88. The van der Waals surface area contributed by atoms with Crippen LogP contribution in [0.4, 0.5) is 18.9 Å².